The Morgan fingerprint density at radius 1 is 0.455 bits per heavy atom. The Balaban J connectivity index is 0.852. The van der Waals surface area contributed by atoms with E-state index in [2.05, 4.69) is 177 Å². The molecule has 8 heteroatoms. The topological polar surface area (TPSA) is 78.4 Å². The van der Waals surface area contributed by atoms with Gasteiger partial charge in [-0.3, -0.25) is 8.97 Å². The van der Waals surface area contributed by atoms with Crippen LogP contribution >= 0.6 is 0 Å². The van der Waals surface area contributed by atoms with Gasteiger partial charge in [0, 0.05) is 27.2 Å². The third kappa shape index (κ3) is 5.64. The zero-order valence-corrected chi connectivity index (χ0v) is 35.7. The number of fused-ring (bicyclic) bond motifs is 12. The molecule has 9 aromatic carbocycles. The Bertz CT molecular complexity index is 4270. The first kappa shape index (κ1) is 36.6. The molecule has 0 fully saturated rings. The molecule has 0 amide bonds. The summed E-state index contributed by atoms with van der Waals surface area (Å²) in [6.45, 7) is 2.83. The summed E-state index contributed by atoms with van der Waals surface area (Å²) in [7, 11) is 0. The summed E-state index contributed by atoms with van der Waals surface area (Å²) in [5, 5.41) is 8.09. The van der Waals surface area contributed by atoms with Crippen LogP contribution in [0, 0.1) is 6.92 Å². The van der Waals surface area contributed by atoms with Crippen LogP contribution < -0.4 is 5.32 Å². The normalized spacial score (nSPS) is 12.1. The summed E-state index contributed by atoms with van der Waals surface area (Å²) in [5.41, 5.74) is 18.6. The summed E-state index contributed by atoms with van der Waals surface area (Å²) in [4.78, 5) is 10.3. The zero-order chi connectivity index (χ0) is 43.5. The predicted molar refractivity (Wildman–Crippen MR) is 268 cm³/mol. The molecule has 0 radical (unpaired) electrons. The Labute approximate surface area is 377 Å². The lowest BCUT2D eigenvalue weighted by Gasteiger charge is -2.16. The van der Waals surface area contributed by atoms with Crippen molar-refractivity contribution >= 4 is 94.4 Å². The van der Waals surface area contributed by atoms with Gasteiger partial charge < -0.3 is 18.7 Å². The molecule has 1 N–H and O–H groups in total. The molecule has 0 aliphatic heterocycles. The van der Waals surface area contributed by atoms with Gasteiger partial charge in [0.15, 0.2) is 0 Å². The minimum atomic E-state index is 0.663. The minimum Gasteiger partial charge on any atom is -0.456 e. The third-order valence-corrected chi connectivity index (χ3v) is 13.2. The summed E-state index contributed by atoms with van der Waals surface area (Å²) in [5.74, 6) is 1.66. The molecular weight excluding hydrogens is 813 g/mol. The lowest BCUT2D eigenvalue weighted by atomic mass is 9.97. The number of benzene rings is 9. The number of hydrogen-bond donors (Lipinski definition) is 1. The fourth-order valence-electron chi connectivity index (χ4n) is 10.1. The van der Waals surface area contributed by atoms with Crippen LogP contribution in [-0.2, 0) is 6.54 Å². The molecule has 0 unspecified atom stereocenters. The highest BCUT2D eigenvalue weighted by Crippen LogP contribution is 2.37. The van der Waals surface area contributed by atoms with Gasteiger partial charge in [-0.1, -0.05) is 103 Å². The highest BCUT2D eigenvalue weighted by atomic mass is 16.3. The van der Waals surface area contributed by atoms with Crippen LogP contribution in [0.3, 0.4) is 0 Å². The van der Waals surface area contributed by atoms with Crippen molar-refractivity contribution < 1.29 is 8.83 Å². The van der Waals surface area contributed by atoms with Crippen molar-refractivity contribution in [3.05, 3.63) is 205 Å². The molecule has 66 heavy (non-hydrogen) atoms. The number of hydrogen-bond acceptors (Lipinski definition) is 5. The average molecular weight is 851 g/mol. The number of aryl methyl sites for hydroxylation is 1. The van der Waals surface area contributed by atoms with E-state index in [1.165, 1.54) is 5.56 Å². The van der Waals surface area contributed by atoms with Gasteiger partial charge in [0.2, 0.25) is 11.7 Å². The smallest absolute Gasteiger partial charge is 0.216 e. The summed E-state index contributed by atoms with van der Waals surface area (Å²) in [6, 6.07) is 68.3. The lowest BCUT2D eigenvalue weighted by molar-refractivity contribution is 0.668. The highest BCUT2D eigenvalue weighted by Gasteiger charge is 2.20. The monoisotopic (exact) mass is 850 g/mol. The van der Waals surface area contributed by atoms with Crippen molar-refractivity contribution in [2.75, 3.05) is 5.32 Å². The quantitative estimate of drug-likeness (QED) is 0.173. The van der Waals surface area contributed by atoms with Crippen LogP contribution in [0.4, 0.5) is 11.6 Å². The first-order chi connectivity index (χ1) is 32.6. The molecule has 0 saturated heterocycles. The second-order valence-electron chi connectivity index (χ2n) is 17.2. The number of furan rings is 2. The molecule has 5 aromatic heterocycles. The number of aromatic nitrogens is 5. The number of imidazole rings is 3. The first-order valence-corrected chi connectivity index (χ1v) is 22.3. The van der Waals surface area contributed by atoms with E-state index in [0.29, 0.717) is 6.54 Å². The third-order valence-electron chi connectivity index (χ3n) is 13.2. The molecule has 0 atom stereocenters. The van der Waals surface area contributed by atoms with Gasteiger partial charge in [0.05, 0.1) is 45.3 Å². The Kier molecular flexibility index (Phi) is 7.79. The first-order valence-electron chi connectivity index (χ1n) is 22.3. The van der Waals surface area contributed by atoms with Crippen LogP contribution in [-0.4, -0.2) is 23.5 Å². The van der Waals surface area contributed by atoms with E-state index in [-0.39, 0.29) is 0 Å². The lowest BCUT2D eigenvalue weighted by Crippen LogP contribution is -2.04. The van der Waals surface area contributed by atoms with Crippen molar-refractivity contribution in [1.82, 2.24) is 23.5 Å². The van der Waals surface area contributed by atoms with E-state index >= 15 is 0 Å². The molecule has 5 heterocycles. The summed E-state index contributed by atoms with van der Waals surface area (Å²) in [6.07, 6.45) is 0. The standard InChI is InChI=1S/C58H38N6O2/c1-35-21-23-39(31-51(35)63-48-17-6-4-15-46(48)60-57(63)59-41-25-28-56-45(33-41)43-14-3-9-20-54(43)66-56)37-11-10-12-38(30-37)40-24-26-50-52(32-40)64-49-18-7-5-16-47(49)61-58(64)62(50)34-36-22-27-55-44(29-36)42-13-2-8-19-53(42)65-55/h2-33H,34H2,1H3,(H,59,60). The maximum atomic E-state index is 6.17. The van der Waals surface area contributed by atoms with Gasteiger partial charge in [-0.25, -0.2) is 9.97 Å². The molecule has 0 aliphatic rings. The van der Waals surface area contributed by atoms with Crippen molar-refractivity contribution in [3.8, 4) is 27.9 Å². The van der Waals surface area contributed by atoms with Gasteiger partial charge in [-0.05, 0) is 131 Å². The number of rotatable bonds is 7. The van der Waals surface area contributed by atoms with Gasteiger partial charge in [-0.2, -0.15) is 0 Å². The maximum absolute atomic E-state index is 6.17. The second kappa shape index (κ2) is 14.1. The van der Waals surface area contributed by atoms with E-state index in [4.69, 9.17) is 18.8 Å². The average Bonchev–Trinajstić information content (AvgIpc) is 4.17. The van der Waals surface area contributed by atoms with Crippen LogP contribution in [0.25, 0.3) is 111 Å². The Hall–Kier alpha value is -8.88. The summed E-state index contributed by atoms with van der Waals surface area (Å²) >= 11 is 0. The SMILES string of the molecule is Cc1ccc(-c2cccc(-c3ccc4c(c3)n3c5ccccc5nc3n4Cc3ccc4oc5ccccc5c4c3)c2)cc1-n1c(Nc2ccc3oc4ccccc4c3c2)nc2ccccc21. The molecule has 0 spiro atoms. The van der Waals surface area contributed by atoms with Crippen molar-refractivity contribution in [2.24, 2.45) is 0 Å². The van der Waals surface area contributed by atoms with E-state index < -0.39 is 0 Å². The van der Waals surface area contributed by atoms with Crippen molar-refractivity contribution in [2.45, 2.75) is 13.5 Å². The molecule has 0 saturated carbocycles. The number of nitrogens with zero attached hydrogens (tertiary/aromatic N) is 5. The van der Waals surface area contributed by atoms with E-state index in [1.807, 2.05) is 42.5 Å². The second-order valence-corrected chi connectivity index (χ2v) is 17.2. The molecule has 8 nitrogen and oxygen atoms in total. The minimum absolute atomic E-state index is 0.663. The van der Waals surface area contributed by atoms with Gasteiger partial charge in [0.25, 0.3) is 0 Å². The van der Waals surface area contributed by atoms with Crippen molar-refractivity contribution in [3.63, 3.8) is 0 Å². The molecule has 14 aromatic rings. The largest absolute Gasteiger partial charge is 0.456 e. The van der Waals surface area contributed by atoms with Crippen LogP contribution in [0.1, 0.15) is 11.1 Å². The van der Waals surface area contributed by atoms with Gasteiger partial charge >= 0.3 is 0 Å². The van der Waals surface area contributed by atoms with Crippen LogP contribution in [0.15, 0.2) is 203 Å². The number of nitrogens with one attached hydrogen (secondary N) is 1. The Morgan fingerprint density at radius 3 is 1.86 bits per heavy atom. The predicted octanol–water partition coefficient (Wildman–Crippen LogP) is 15.0. The van der Waals surface area contributed by atoms with E-state index in [9.17, 15) is 0 Å². The molecule has 312 valence electrons. The van der Waals surface area contributed by atoms with Gasteiger partial charge in [-0.15, -0.1) is 0 Å². The maximum Gasteiger partial charge on any atom is 0.216 e. The zero-order valence-electron chi connectivity index (χ0n) is 35.7. The Morgan fingerprint density at radius 2 is 1.08 bits per heavy atom. The molecule has 0 bridgehead atoms. The van der Waals surface area contributed by atoms with Crippen LogP contribution in [0.5, 0.6) is 0 Å². The highest BCUT2D eigenvalue weighted by molar-refractivity contribution is 6.07. The fourth-order valence-corrected chi connectivity index (χ4v) is 10.1. The number of para-hydroxylation sites is 6. The van der Waals surface area contributed by atoms with E-state index in [1.54, 1.807) is 0 Å². The van der Waals surface area contributed by atoms with E-state index in [0.717, 1.165) is 128 Å². The molecule has 0 aliphatic carbocycles. The fraction of sp³-hybridized carbons (Fsp3) is 0.0345. The molecular formula is C58H38N6O2. The van der Waals surface area contributed by atoms with Gasteiger partial charge in [0.1, 0.15) is 22.3 Å². The number of anilines is 2. The summed E-state index contributed by atoms with van der Waals surface area (Å²) < 4.78 is 19.2. The molecule has 14 rings (SSSR count). The van der Waals surface area contributed by atoms with Crippen molar-refractivity contribution in [1.29, 1.82) is 0 Å². The van der Waals surface area contributed by atoms with Crippen LogP contribution in [0.2, 0.25) is 0 Å².